The average Bonchev–Trinajstić information content (AvgIpc) is 2.37. The number of nitrogens with one attached hydrogen (secondary N) is 1. The highest BCUT2D eigenvalue weighted by molar-refractivity contribution is 5.21. The van der Waals surface area contributed by atoms with Gasteiger partial charge in [0, 0.05) is 13.2 Å². The van der Waals surface area contributed by atoms with E-state index >= 15 is 0 Å². The van der Waals surface area contributed by atoms with Crippen molar-refractivity contribution in [2.45, 2.75) is 39.3 Å². The Kier molecular flexibility index (Phi) is 6.68. The molecule has 2 unspecified atom stereocenters. The highest BCUT2D eigenvalue weighted by Crippen LogP contribution is 2.15. The summed E-state index contributed by atoms with van der Waals surface area (Å²) in [5.41, 5.74) is 1.04. The Hall–Kier alpha value is -1.13. The van der Waals surface area contributed by atoms with Crippen LogP contribution in [0.15, 0.2) is 18.3 Å². The van der Waals surface area contributed by atoms with Crippen LogP contribution in [0.4, 0.5) is 0 Å². The largest absolute Gasteiger partial charge is 0.487 e. The van der Waals surface area contributed by atoms with Crippen LogP contribution in [0.3, 0.4) is 0 Å². The molecular formula is C14H24N2O2. The van der Waals surface area contributed by atoms with Crippen LogP contribution in [0.5, 0.6) is 5.75 Å². The van der Waals surface area contributed by atoms with Crippen LogP contribution < -0.4 is 10.1 Å². The maximum absolute atomic E-state index is 5.66. The number of pyridine rings is 1. The summed E-state index contributed by atoms with van der Waals surface area (Å²) in [7, 11) is 1.67. The van der Waals surface area contributed by atoms with Crippen molar-refractivity contribution in [1.82, 2.24) is 10.3 Å². The number of rotatable bonds is 8. The fourth-order valence-electron chi connectivity index (χ4n) is 1.68. The molecule has 0 fully saturated rings. The number of aromatic nitrogens is 1. The Morgan fingerprint density at radius 1 is 1.33 bits per heavy atom. The molecule has 0 aliphatic heterocycles. The van der Waals surface area contributed by atoms with Crippen molar-refractivity contribution in [2.75, 3.05) is 20.3 Å². The van der Waals surface area contributed by atoms with Crippen LogP contribution in [0.2, 0.25) is 0 Å². The van der Waals surface area contributed by atoms with Gasteiger partial charge in [0.1, 0.15) is 11.9 Å². The normalized spacial score (nSPS) is 14.2. The Labute approximate surface area is 110 Å². The molecule has 18 heavy (non-hydrogen) atoms. The third-order valence-corrected chi connectivity index (χ3v) is 2.64. The second kappa shape index (κ2) is 8.06. The molecule has 0 bridgehead atoms. The van der Waals surface area contributed by atoms with Crippen LogP contribution >= 0.6 is 0 Å². The maximum atomic E-state index is 5.66. The van der Waals surface area contributed by atoms with Crippen LogP contribution in [0.25, 0.3) is 0 Å². The van der Waals surface area contributed by atoms with Gasteiger partial charge in [0.25, 0.3) is 0 Å². The van der Waals surface area contributed by atoms with Gasteiger partial charge in [-0.1, -0.05) is 6.92 Å². The van der Waals surface area contributed by atoms with Gasteiger partial charge in [-0.2, -0.15) is 0 Å². The van der Waals surface area contributed by atoms with Crippen molar-refractivity contribution >= 4 is 0 Å². The van der Waals surface area contributed by atoms with E-state index in [2.05, 4.69) is 24.1 Å². The molecule has 0 aromatic carbocycles. The molecule has 1 aromatic rings. The zero-order valence-electron chi connectivity index (χ0n) is 11.8. The molecule has 1 rings (SSSR count). The maximum Gasteiger partial charge on any atom is 0.138 e. The van der Waals surface area contributed by atoms with Crippen molar-refractivity contribution in [3.8, 4) is 5.75 Å². The van der Waals surface area contributed by atoms with Gasteiger partial charge < -0.3 is 14.8 Å². The molecule has 0 spiro atoms. The summed E-state index contributed by atoms with van der Waals surface area (Å²) in [5.74, 6) is 0.783. The monoisotopic (exact) mass is 252 g/mol. The van der Waals surface area contributed by atoms with Crippen molar-refractivity contribution in [2.24, 2.45) is 0 Å². The van der Waals surface area contributed by atoms with E-state index in [1.807, 2.05) is 19.1 Å². The summed E-state index contributed by atoms with van der Waals surface area (Å²) in [6.45, 7) is 7.83. The standard InChI is InChI=1S/C14H24N2O2/c1-5-8-15-12(3)14-7-6-13(9-16-14)18-11(2)10-17-4/h6-7,9,11-12,15H,5,8,10H2,1-4H3. The second-order valence-electron chi connectivity index (χ2n) is 4.48. The zero-order valence-corrected chi connectivity index (χ0v) is 11.8. The number of ether oxygens (including phenoxy) is 2. The van der Waals surface area contributed by atoms with Crippen molar-refractivity contribution < 1.29 is 9.47 Å². The Morgan fingerprint density at radius 2 is 2.11 bits per heavy atom. The van der Waals surface area contributed by atoms with Gasteiger partial charge in [-0.05, 0) is 38.9 Å². The van der Waals surface area contributed by atoms with E-state index in [1.54, 1.807) is 13.3 Å². The minimum atomic E-state index is 0.0401. The summed E-state index contributed by atoms with van der Waals surface area (Å²) >= 11 is 0. The molecule has 0 saturated carbocycles. The topological polar surface area (TPSA) is 43.4 Å². The highest BCUT2D eigenvalue weighted by atomic mass is 16.5. The minimum Gasteiger partial charge on any atom is -0.487 e. The van der Waals surface area contributed by atoms with E-state index in [-0.39, 0.29) is 12.1 Å². The minimum absolute atomic E-state index is 0.0401. The lowest BCUT2D eigenvalue weighted by Gasteiger charge is -2.15. The van der Waals surface area contributed by atoms with E-state index in [0.29, 0.717) is 6.61 Å². The average molecular weight is 252 g/mol. The van der Waals surface area contributed by atoms with E-state index in [9.17, 15) is 0 Å². The molecule has 102 valence electrons. The van der Waals surface area contributed by atoms with Gasteiger partial charge in [-0.15, -0.1) is 0 Å². The van der Waals surface area contributed by atoms with Crippen LogP contribution in [0.1, 0.15) is 38.9 Å². The fourth-order valence-corrected chi connectivity index (χ4v) is 1.68. The van der Waals surface area contributed by atoms with Crippen LogP contribution in [-0.2, 0) is 4.74 Å². The third kappa shape index (κ3) is 5.02. The molecule has 0 amide bonds. The lowest BCUT2D eigenvalue weighted by atomic mass is 10.2. The zero-order chi connectivity index (χ0) is 13.4. The first kappa shape index (κ1) is 14.9. The molecule has 4 heteroatoms. The Bertz CT molecular complexity index is 327. The van der Waals surface area contributed by atoms with E-state index < -0.39 is 0 Å². The van der Waals surface area contributed by atoms with Crippen molar-refractivity contribution in [3.63, 3.8) is 0 Å². The highest BCUT2D eigenvalue weighted by Gasteiger charge is 2.07. The summed E-state index contributed by atoms with van der Waals surface area (Å²) in [4.78, 5) is 4.42. The van der Waals surface area contributed by atoms with Crippen molar-refractivity contribution in [1.29, 1.82) is 0 Å². The van der Waals surface area contributed by atoms with E-state index in [0.717, 1.165) is 24.4 Å². The number of methoxy groups -OCH3 is 1. The lowest BCUT2D eigenvalue weighted by molar-refractivity contribution is 0.0918. The smallest absolute Gasteiger partial charge is 0.138 e. The van der Waals surface area contributed by atoms with Gasteiger partial charge in [0.2, 0.25) is 0 Å². The first-order chi connectivity index (χ1) is 8.67. The molecule has 0 aliphatic carbocycles. The molecule has 4 nitrogen and oxygen atoms in total. The van der Waals surface area contributed by atoms with E-state index in [1.165, 1.54) is 0 Å². The summed E-state index contributed by atoms with van der Waals surface area (Å²) in [6.07, 6.45) is 2.93. The quantitative estimate of drug-likeness (QED) is 0.772. The molecule has 1 N–H and O–H groups in total. The lowest BCUT2D eigenvalue weighted by Crippen LogP contribution is -2.20. The van der Waals surface area contributed by atoms with E-state index in [4.69, 9.17) is 9.47 Å². The predicted molar refractivity (Wildman–Crippen MR) is 72.9 cm³/mol. The van der Waals surface area contributed by atoms with Gasteiger partial charge in [-0.25, -0.2) is 0 Å². The Morgan fingerprint density at radius 3 is 2.67 bits per heavy atom. The first-order valence-electron chi connectivity index (χ1n) is 6.52. The van der Waals surface area contributed by atoms with Crippen LogP contribution in [0, 0.1) is 0 Å². The van der Waals surface area contributed by atoms with Crippen molar-refractivity contribution in [3.05, 3.63) is 24.0 Å². The summed E-state index contributed by atoms with van der Waals surface area (Å²) < 4.78 is 10.7. The third-order valence-electron chi connectivity index (χ3n) is 2.64. The number of hydrogen-bond donors (Lipinski definition) is 1. The van der Waals surface area contributed by atoms with Gasteiger partial charge in [0.15, 0.2) is 0 Å². The molecule has 1 aromatic heterocycles. The SMILES string of the molecule is CCCNC(C)c1ccc(OC(C)COC)cn1. The second-order valence-corrected chi connectivity index (χ2v) is 4.48. The molecular weight excluding hydrogens is 228 g/mol. The molecule has 0 saturated heterocycles. The van der Waals surface area contributed by atoms with Gasteiger partial charge in [-0.3, -0.25) is 4.98 Å². The van der Waals surface area contributed by atoms with Gasteiger partial charge in [0.05, 0.1) is 18.5 Å². The first-order valence-corrected chi connectivity index (χ1v) is 6.52. The van der Waals surface area contributed by atoms with Gasteiger partial charge >= 0.3 is 0 Å². The summed E-state index contributed by atoms with van der Waals surface area (Å²) in [5, 5.41) is 3.41. The molecule has 0 radical (unpaired) electrons. The predicted octanol–water partition coefficient (Wildman–Crippen LogP) is 2.56. The summed E-state index contributed by atoms with van der Waals surface area (Å²) in [6, 6.07) is 4.23. The Balaban J connectivity index is 2.51. The molecule has 2 atom stereocenters. The number of nitrogens with zero attached hydrogens (tertiary/aromatic N) is 1. The number of hydrogen-bond acceptors (Lipinski definition) is 4. The molecule has 0 aliphatic rings. The van der Waals surface area contributed by atoms with Crippen LogP contribution in [-0.4, -0.2) is 31.3 Å². The fraction of sp³-hybridized carbons (Fsp3) is 0.643. The molecule has 1 heterocycles.